The number of ether oxygens (including phenoxy) is 11. The molecule has 0 bridgehead atoms. The number of hydrogen-bond acceptors (Lipinski definition) is 22. The van der Waals surface area contributed by atoms with E-state index in [0.29, 0.717) is 32.1 Å². The molecule has 406 valence electrons. The molecule has 0 unspecified atom stereocenters. The van der Waals surface area contributed by atoms with Crippen LogP contribution in [0.2, 0.25) is 0 Å². The molecular weight excluding hydrogens is 929 g/mol. The molecule has 4 aliphatic carbocycles. The Morgan fingerprint density at radius 2 is 1.16 bits per heavy atom. The summed E-state index contributed by atoms with van der Waals surface area (Å²) in [5, 5.41) is 123. The van der Waals surface area contributed by atoms with Gasteiger partial charge in [0.25, 0.3) is 0 Å². The van der Waals surface area contributed by atoms with Crippen LogP contribution in [-0.4, -0.2) is 236 Å². The number of aliphatic hydroxyl groups excluding tert-OH is 8. The van der Waals surface area contributed by atoms with Crippen molar-refractivity contribution in [2.75, 3.05) is 27.9 Å². The molecule has 0 radical (unpaired) electrons. The molecule has 0 spiro atoms. The zero-order chi connectivity index (χ0) is 51.2. The lowest BCUT2D eigenvalue weighted by Gasteiger charge is -2.70. The average Bonchev–Trinajstić information content (AvgIpc) is 3.55. The first kappa shape index (κ1) is 55.4. The first-order valence-electron chi connectivity index (χ1n) is 25.3. The van der Waals surface area contributed by atoms with Gasteiger partial charge in [-0.1, -0.05) is 13.8 Å². The van der Waals surface area contributed by atoms with Gasteiger partial charge in [0.1, 0.15) is 66.1 Å². The molecule has 0 aromatic carbocycles. The van der Waals surface area contributed by atoms with Crippen molar-refractivity contribution in [2.24, 2.45) is 22.7 Å². The topological polar surface area (TPSA) is 324 Å². The minimum Gasteiger partial charge on any atom is -0.394 e. The Morgan fingerprint density at radius 3 is 1.74 bits per heavy atom. The maximum Gasteiger partial charge on any atom is 0.187 e. The second-order valence-electron chi connectivity index (χ2n) is 22.2. The van der Waals surface area contributed by atoms with Gasteiger partial charge >= 0.3 is 0 Å². The maximum atomic E-state index is 12.6. The summed E-state index contributed by atoms with van der Waals surface area (Å²) in [4.78, 5) is 0. The summed E-state index contributed by atoms with van der Waals surface area (Å²) in [7, 11) is 4.48. The highest BCUT2D eigenvalue weighted by Crippen LogP contribution is 2.71. The predicted octanol–water partition coefficient (Wildman–Crippen LogP) is -1.93. The van der Waals surface area contributed by atoms with E-state index in [-0.39, 0.29) is 37.7 Å². The molecule has 8 rings (SSSR count). The third-order valence-corrected chi connectivity index (χ3v) is 18.8. The highest BCUT2D eigenvalue weighted by molar-refractivity contribution is 5.32. The van der Waals surface area contributed by atoms with Crippen molar-refractivity contribution in [3.63, 3.8) is 0 Å². The summed E-state index contributed by atoms with van der Waals surface area (Å²) >= 11 is 0. The Hall–Kier alpha value is -0.880. The van der Waals surface area contributed by atoms with Gasteiger partial charge in [-0.2, -0.15) is 0 Å². The molecule has 0 amide bonds. The van der Waals surface area contributed by atoms with E-state index in [1.165, 1.54) is 28.1 Å². The Kier molecular flexibility index (Phi) is 16.3. The van der Waals surface area contributed by atoms with Gasteiger partial charge < -0.3 is 108 Å². The number of methoxy groups -OCH3 is 3. The van der Waals surface area contributed by atoms with Crippen LogP contribution in [0.5, 0.6) is 0 Å². The van der Waals surface area contributed by atoms with Crippen LogP contribution in [0, 0.1) is 22.7 Å². The van der Waals surface area contributed by atoms with Crippen LogP contribution >= 0.6 is 0 Å². The quantitative estimate of drug-likeness (QED) is 0.0896. The van der Waals surface area contributed by atoms with Crippen LogP contribution in [0.15, 0.2) is 0 Å². The second kappa shape index (κ2) is 20.6. The van der Waals surface area contributed by atoms with Crippen molar-refractivity contribution in [3.05, 3.63) is 0 Å². The van der Waals surface area contributed by atoms with Gasteiger partial charge in [-0.3, -0.25) is 0 Å². The molecule has 0 aromatic rings. The number of fused-ring (bicyclic) bond motifs is 5. The van der Waals surface area contributed by atoms with Gasteiger partial charge in [-0.05, 0) is 84.0 Å². The standard InChI is InChI=1S/C48H82O22/c1-20-36(68-30-18-27(61-8)37(21(2)64-30)69-43-34(54)39(62-9)38(22(3)65-43)70-42-33(53)32(52)31(51)28(19-49)67-42)26(60-7)17-29(63-20)66-25-11-12-44(5)24(16-25)10-13-47(58)40(44)35(55)41(56)45(6)46(57,23(4)50)14-15-48(45,47)59/h20-43,49-59H,10-19H2,1-9H3/t20-,21-,22-,23-,24+,25+,26+,27-,28-,29+,30+,31-,32+,33-,34-,35+,36-,37-,38-,39+,40-,41-,42+,43+,44+,45-,46-,47+,48-/m1/s1. The minimum atomic E-state index is -1.97. The van der Waals surface area contributed by atoms with Crippen LogP contribution < -0.4 is 0 Å². The Bertz CT molecular complexity index is 1770. The molecule has 4 saturated heterocycles. The van der Waals surface area contributed by atoms with Crippen LogP contribution in [0.3, 0.4) is 0 Å². The molecule has 8 fully saturated rings. The molecule has 4 aliphatic heterocycles. The van der Waals surface area contributed by atoms with E-state index in [1.807, 2.05) is 13.8 Å². The van der Waals surface area contributed by atoms with Crippen molar-refractivity contribution in [3.8, 4) is 0 Å². The molecule has 8 aliphatic rings. The normalized spacial score (nSPS) is 56.7. The van der Waals surface area contributed by atoms with Gasteiger partial charge in [0.05, 0.1) is 72.6 Å². The third-order valence-electron chi connectivity index (χ3n) is 18.8. The number of aliphatic hydroxyl groups is 11. The molecule has 29 atom stereocenters. The van der Waals surface area contributed by atoms with E-state index in [4.69, 9.17) is 52.1 Å². The molecular formula is C48H82O22. The van der Waals surface area contributed by atoms with Crippen molar-refractivity contribution < 1.29 is 108 Å². The van der Waals surface area contributed by atoms with Gasteiger partial charge in [0.2, 0.25) is 0 Å². The number of hydrogen-bond donors (Lipinski definition) is 11. The van der Waals surface area contributed by atoms with Gasteiger partial charge in [-0.25, -0.2) is 0 Å². The van der Waals surface area contributed by atoms with E-state index >= 15 is 0 Å². The minimum absolute atomic E-state index is 0.0410. The summed E-state index contributed by atoms with van der Waals surface area (Å²) in [5.41, 5.74) is -8.22. The Labute approximate surface area is 409 Å². The van der Waals surface area contributed by atoms with Gasteiger partial charge in [0.15, 0.2) is 25.2 Å². The van der Waals surface area contributed by atoms with E-state index in [9.17, 15) is 56.2 Å². The molecule has 11 N–H and O–H groups in total. The summed E-state index contributed by atoms with van der Waals surface area (Å²) in [6.45, 7) is 9.54. The SMILES string of the molecule is CO[C@H]1[C@@H](O)[C@H](O[C@@H]2[C@@H](C)O[C@@H](O[C@H]3[C@@H](OC)C[C@H](O[C@H]4CC[C@@]5(C)[C@@H](CC[C@]6(O)[C@@H]5[C@H](O)[C@@H](O)[C@@]5(C)[C@]6(O)CC[C@@]5(O)[C@@H](C)O)C4)O[C@@H]3C)C[C@H]2OC)O[C@H](C)[C@H]1O[C@@H]1O[C@H](CO)[C@@H](O)[C@H](O)[C@H]1O. The lowest BCUT2D eigenvalue weighted by atomic mass is 9.39. The van der Waals surface area contributed by atoms with Crippen LogP contribution in [-0.2, 0) is 52.1 Å². The van der Waals surface area contributed by atoms with Crippen LogP contribution in [0.4, 0.5) is 0 Å². The average molecular weight is 1010 g/mol. The molecule has 4 heterocycles. The first-order valence-corrected chi connectivity index (χ1v) is 25.3. The lowest BCUT2D eigenvalue weighted by Crippen LogP contribution is -2.82. The second-order valence-corrected chi connectivity index (χ2v) is 22.2. The Balaban J connectivity index is 0.856. The Morgan fingerprint density at radius 1 is 0.586 bits per heavy atom. The zero-order valence-corrected chi connectivity index (χ0v) is 41.8. The van der Waals surface area contributed by atoms with E-state index < -0.39 is 169 Å². The smallest absolute Gasteiger partial charge is 0.187 e. The van der Waals surface area contributed by atoms with Gasteiger partial charge in [-0.15, -0.1) is 0 Å². The molecule has 0 aromatic heterocycles. The monoisotopic (exact) mass is 1010 g/mol. The third kappa shape index (κ3) is 8.75. The van der Waals surface area contributed by atoms with E-state index in [1.54, 1.807) is 21.0 Å². The zero-order valence-electron chi connectivity index (χ0n) is 41.8. The summed E-state index contributed by atoms with van der Waals surface area (Å²) in [6.07, 6.45) is -20.0. The fourth-order valence-electron chi connectivity index (χ4n) is 14.6. The van der Waals surface area contributed by atoms with E-state index in [0.717, 1.165) is 0 Å². The predicted molar refractivity (Wildman–Crippen MR) is 238 cm³/mol. The lowest BCUT2D eigenvalue weighted by molar-refractivity contribution is -0.374. The maximum absolute atomic E-state index is 12.6. The summed E-state index contributed by atoms with van der Waals surface area (Å²) in [6, 6.07) is 0. The first-order chi connectivity index (χ1) is 32.9. The van der Waals surface area contributed by atoms with Crippen molar-refractivity contribution in [2.45, 2.75) is 251 Å². The largest absolute Gasteiger partial charge is 0.394 e. The number of rotatable bonds is 13. The fourth-order valence-corrected chi connectivity index (χ4v) is 14.6. The molecule has 4 saturated carbocycles. The van der Waals surface area contributed by atoms with Gasteiger partial charge in [0, 0.05) is 40.1 Å². The van der Waals surface area contributed by atoms with Crippen molar-refractivity contribution >= 4 is 0 Å². The van der Waals surface area contributed by atoms with Crippen LogP contribution in [0.1, 0.15) is 99.3 Å². The van der Waals surface area contributed by atoms with E-state index in [2.05, 4.69) is 0 Å². The molecule has 70 heavy (non-hydrogen) atoms. The van der Waals surface area contributed by atoms with Crippen LogP contribution in [0.25, 0.3) is 0 Å². The summed E-state index contributed by atoms with van der Waals surface area (Å²) in [5.74, 6) is -0.947. The highest BCUT2D eigenvalue weighted by atomic mass is 16.8. The fraction of sp³-hybridized carbons (Fsp3) is 1.00. The molecule has 22 nitrogen and oxygen atoms in total. The summed E-state index contributed by atoms with van der Waals surface area (Å²) < 4.78 is 67.5. The van der Waals surface area contributed by atoms with Crippen molar-refractivity contribution in [1.29, 1.82) is 0 Å². The highest BCUT2D eigenvalue weighted by Gasteiger charge is 2.83. The van der Waals surface area contributed by atoms with Crippen molar-refractivity contribution in [1.82, 2.24) is 0 Å². The molecule has 22 heteroatoms.